The number of rotatable bonds is 5. The van der Waals surface area contributed by atoms with Crippen molar-refractivity contribution in [2.24, 2.45) is 13.0 Å². The predicted molar refractivity (Wildman–Crippen MR) is 67.4 cm³/mol. The Bertz CT molecular complexity index is 561. The van der Waals surface area contributed by atoms with Crippen LogP contribution in [0.4, 0.5) is 0 Å². The lowest BCUT2D eigenvalue weighted by atomic mass is 10.2. The number of sulfonamides is 1. The molecule has 0 aromatic carbocycles. The van der Waals surface area contributed by atoms with Gasteiger partial charge in [0.15, 0.2) is 0 Å². The summed E-state index contributed by atoms with van der Waals surface area (Å²) in [5, 5.41) is 8.66. The lowest BCUT2D eigenvalue weighted by Crippen LogP contribution is -2.34. The number of hydrogen-bond donors (Lipinski definition) is 0. The number of nitrogens with zero attached hydrogens (tertiary/aromatic N) is 4. The molecule has 0 aliphatic rings. The zero-order chi connectivity index (χ0) is 13.9. The highest BCUT2D eigenvalue weighted by atomic mass is 35.5. The summed E-state index contributed by atoms with van der Waals surface area (Å²) in [4.78, 5) is 3.81. The molecule has 1 aromatic rings. The van der Waals surface area contributed by atoms with E-state index in [9.17, 15) is 8.42 Å². The molecule has 0 saturated carbocycles. The maximum atomic E-state index is 12.3. The smallest absolute Gasteiger partial charge is 0.263 e. The minimum absolute atomic E-state index is 0.0676. The van der Waals surface area contributed by atoms with Crippen molar-refractivity contribution in [3.8, 4) is 6.07 Å². The fraction of sp³-hybridized carbons (Fsp3) is 0.600. The second kappa shape index (κ2) is 5.69. The molecule has 1 heterocycles. The van der Waals surface area contributed by atoms with Crippen LogP contribution in [0.25, 0.3) is 0 Å². The number of halogens is 1. The highest BCUT2D eigenvalue weighted by Crippen LogP contribution is 2.22. The maximum Gasteiger partial charge on any atom is 0.263 e. The van der Waals surface area contributed by atoms with Crippen molar-refractivity contribution in [1.82, 2.24) is 13.9 Å². The molecule has 8 heteroatoms. The van der Waals surface area contributed by atoms with Gasteiger partial charge < -0.3 is 4.57 Å². The van der Waals surface area contributed by atoms with Crippen LogP contribution in [0.5, 0.6) is 0 Å². The number of imidazole rings is 1. The van der Waals surface area contributed by atoms with Gasteiger partial charge in [-0.3, -0.25) is 0 Å². The van der Waals surface area contributed by atoms with Gasteiger partial charge in [0.25, 0.3) is 10.0 Å². The second-order valence-corrected chi connectivity index (χ2v) is 6.15. The molecule has 18 heavy (non-hydrogen) atoms. The highest BCUT2D eigenvalue weighted by molar-refractivity contribution is 7.89. The number of hydrogen-bond acceptors (Lipinski definition) is 4. The van der Waals surface area contributed by atoms with Crippen molar-refractivity contribution < 1.29 is 8.42 Å². The summed E-state index contributed by atoms with van der Waals surface area (Å²) in [6.45, 7) is 3.76. The van der Waals surface area contributed by atoms with Crippen LogP contribution in [0, 0.1) is 17.2 Å². The van der Waals surface area contributed by atoms with Gasteiger partial charge in [-0.2, -0.15) is 9.57 Å². The Balaban J connectivity index is 3.12. The van der Waals surface area contributed by atoms with Gasteiger partial charge in [-0.1, -0.05) is 18.5 Å². The molecule has 0 radical (unpaired) electrons. The Hall–Kier alpha value is -1.10. The molecule has 100 valence electrons. The third-order valence-corrected chi connectivity index (χ3v) is 4.90. The van der Waals surface area contributed by atoms with Gasteiger partial charge in [0.05, 0.1) is 18.3 Å². The van der Waals surface area contributed by atoms with Crippen LogP contribution in [0.3, 0.4) is 0 Å². The monoisotopic (exact) mass is 290 g/mol. The molecule has 0 N–H and O–H groups in total. The van der Waals surface area contributed by atoms with E-state index in [-0.39, 0.29) is 29.2 Å². The molecule has 1 rings (SSSR count). The molecule has 6 nitrogen and oxygen atoms in total. The molecule has 1 aromatic heterocycles. The van der Waals surface area contributed by atoms with Crippen LogP contribution in [0.1, 0.15) is 13.8 Å². The zero-order valence-electron chi connectivity index (χ0n) is 10.5. The normalized spacial score (nSPS) is 13.6. The minimum Gasteiger partial charge on any atom is -0.324 e. The summed E-state index contributed by atoms with van der Waals surface area (Å²) in [5.41, 5.74) is 0. The molecule has 0 aliphatic heterocycles. The first-order valence-electron chi connectivity index (χ1n) is 5.41. The average Bonchev–Trinajstić information content (AvgIpc) is 2.66. The molecule has 0 saturated heterocycles. The Morgan fingerprint density at radius 3 is 2.67 bits per heavy atom. The van der Waals surface area contributed by atoms with Crippen LogP contribution >= 0.6 is 11.6 Å². The van der Waals surface area contributed by atoms with Crippen LogP contribution in [-0.4, -0.2) is 35.4 Å². The Labute approximate surface area is 112 Å². The van der Waals surface area contributed by atoms with Crippen molar-refractivity contribution in [2.75, 3.05) is 13.1 Å². The summed E-state index contributed by atoms with van der Waals surface area (Å²) in [6, 6.07) is 2.01. The highest BCUT2D eigenvalue weighted by Gasteiger charge is 2.29. The number of aromatic nitrogens is 2. The van der Waals surface area contributed by atoms with Crippen LogP contribution in [-0.2, 0) is 17.1 Å². The van der Waals surface area contributed by atoms with Crippen LogP contribution in [0.2, 0.25) is 5.15 Å². The van der Waals surface area contributed by atoms with E-state index in [2.05, 4.69) is 4.98 Å². The SMILES string of the molecule is CCN(C[C@@H](C)C#N)S(=O)(=O)c1ncn(C)c1Cl. The van der Waals surface area contributed by atoms with Crippen LogP contribution < -0.4 is 0 Å². The maximum absolute atomic E-state index is 12.3. The molecule has 1 atom stereocenters. The summed E-state index contributed by atoms with van der Waals surface area (Å²) in [6.07, 6.45) is 1.34. The standard InChI is InChI=1S/C10H15ClN4O2S/c1-4-15(6-8(2)5-12)18(16,17)10-9(11)14(3)7-13-10/h7-8H,4,6H2,1-3H3/t8-/m0/s1. The van der Waals surface area contributed by atoms with E-state index in [1.54, 1.807) is 20.9 Å². The van der Waals surface area contributed by atoms with Gasteiger partial charge in [-0.15, -0.1) is 0 Å². The second-order valence-electron chi connectivity index (χ2n) is 3.94. The predicted octanol–water partition coefficient (Wildman–Crippen LogP) is 1.24. The first kappa shape index (κ1) is 15.0. The van der Waals surface area contributed by atoms with Crippen molar-refractivity contribution >= 4 is 21.6 Å². The van der Waals surface area contributed by atoms with Crippen molar-refractivity contribution in [1.29, 1.82) is 5.26 Å². The molecule has 0 aliphatic carbocycles. The van der Waals surface area contributed by atoms with E-state index in [1.165, 1.54) is 15.2 Å². The Morgan fingerprint density at radius 1 is 1.67 bits per heavy atom. The van der Waals surface area contributed by atoms with Gasteiger partial charge in [0, 0.05) is 20.1 Å². The van der Waals surface area contributed by atoms with Crippen molar-refractivity contribution in [3.05, 3.63) is 11.5 Å². The molecule has 0 amide bonds. The molecule has 0 bridgehead atoms. The largest absolute Gasteiger partial charge is 0.324 e. The van der Waals surface area contributed by atoms with E-state index in [0.717, 1.165) is 0 Å². The zero-order valence-corrected chi connectivity index (χ0v) is 12.0. The van der Waals surface area contributed by atoms with E-state index < -0.39 is 10.0 Å². The molecule has 0 spiro atoms. The van der Waals surface area contributed by atoms with E-state index in [4.69, 9.17) is 16.9 Å². The molecule has 0 unspecified atom stereocenters. The van der Waals surface area contributed by atoms with Crippen LogP contribution in [0.15, 0.2) is 11.4 Å². The summed E-state index contributed by atoms with van der Waals surface area (Å²) in [7, 11) is -2.13. The van der Waals surface area contributed by atoms with Gasteiger partial charge in [-0.25, -0.2) is 13.4 Å². The van der Waals surface area contributed by atoms with Crippen molar-refractivity contribution in [2.45, 2.75) is 18.9 Å². The van der Waals surface area contributed by atoms with Crippen molar-refractivity contribution in [3.63, 3.8) is 0 Å². The van der Waals surface area contributed by atoms with Gasteiger partial charge in [-0.05, 0) is 6.92 Å². The summed E-state index contributed by atoms with van der Waals surface area (Å²) >= 11 is 5.89. The van der Waals surface area contributed by atoms with E-state index >= 15 is 0 Å². The fourth-order valence-corrected chi connectivity index (χ4v) is 3.36. The minimum atomic E-state index is -3.75. The molecule has 0 fully saturated rings. The van der Waals surface area contributed by atoms with Gasteiger partial charge >= 0.3 is 0 Å². The topological polar surface area (TPSA) is 79.0 Å². The third-order valence-electron chi connectivity index (χ3n) is 2.47. The fourth-order valence-electron chi connectivity index (χ4n) is 1.43. The lowest BCUT2D eigenvalue weighted by molar-refractivity contribution is 0.398. The number of nitriles is 1. The average molecular weight is 291 g/mol. The van der Waals surface area contributed by atoms with Gasteiger partial charge in [0.2, 0.25) is 5.03 Å². The van der Waals surface area contributed by atoms with E-state index in [0.29, 0.717) is 0 Å². The Morgan fingerprint density at radius 2 is 2.28 bits per heavy atom. The third kappa shape index (κ3) is 2.83. The Kier molecular flexibility index (Phi) is 4.73. The van der Waals surface area contributed by atoms with E-state index in [1.807, 2.05) is 6.07 Å². The number of aryl methyl sites for hydroxylation is 1. The summed E-state index contributed by atoms with van der Waals surface area (Å²) in [5.74, 6) is -0.387. The summed E-state index contributed by atoms with van der Waals surface area (Å²) < 4.78 is 27.2. The molecular weight excluding hydrogens is 276 g/mol. The quantitative estimate of drug-likeness (QED) is 0.817. The first-order chi connectivity index (χ1) is 8.34. The lowest BCUT2D eigenvalue weighted by Gasteiger charge is -2.20. The molecular formula is C10H15ClN4O2S. The van der Waals surface area contributed by atoms with Gasteiger partial charge in [0.1, 0.15) is 5.15 Å². The first-order valence-corrected chi connectivity index (χ1v) is 7.23.